The Morgan fingerprint density at radius 2 is 1.13 bits per heavy atom. The first-order valence-electron chi connectivity index (χ1n) is 15.6. The number of thiophene rings is 1. The van der Waals surface area contributed by atoms with Crippen molar-refractivity contribution >= 4 is 80.8 Å². The molecule has 0 saturated carbocycles. The first kappa shape index (κ1) is 25.5. The Hall–Kier alpha value is -5.84. The standard InChI is InChI=1S/C42H27N3S/c43-34-17-10-16-28(41(34)45-35-18-7-4-13-29(35)30-14-5-8-19-36(30)45)26-21-22-33-38(25-26)44(27-11-2-1-3-12-27)37-24-23-32-31-15-6-9-20-39(31)46-42(32)40(33)37/h1-25H,43H2. The highest BCUT2D eigenvalue weighted by Gasteiger charge is 2.21. The van der Waals surface area contributed by atoms with E-state index in [0.29, 0.717) is 0 Å². The normalized spacial score (nSPS) is 12.0. The van der Waals surface area contributed by atoms with E-state index in [1.54, 1.807) is 0 Å². The minimum absolute atomic E-state index is 0.750. The van der Waals surface area contributed by atoms with Gasteiger partial charge in [0.05, 0.1) is 33.4 Å². The molecule has 0 atom stereocenters. The summed E-state index contributed by atoms with van der Waals surface area (Å²) in [6.07, 6.45) is 0. The van der Waals surface area contributed by atoms with Crippen molar-refractivity contribution < 1.29 is 0 Å². The summed E-state index contributed by atoms with van der Waals surface area (Å²) in [5, 5.41) is 7.63. The Morgan fingerprint density at radius 3 is 1.91 bits per heavy atom. The molecule has 0 bridgehead atoms. The molecule has 46 heavy (non-hydrogen) atoms. The average Bonchev–Trinajstić information content (AvgIpc) is 3.76. The number of fused-ring (bicyclic) bond motifs is 10. The molecular weight excluding hydrogens is 579 g/mol. The number of aromatic nitrogens is 2. The number of para-hydroxylation sites is 4. The Labute approximate surface area is 269 Å². The first-order valence-corrected chi connectivity index (χ1v) is 16.4. The van der Waals surface area contributed by atoms with E-state index in [1.165, 1.54) is 52.8 Å². The van der Waals surface area contributed by atoms with E-state index in [2.05, 4.69) is 155 Å². The SMILES string of the molecule is Nc1cccc(-c2ccc3c4c5sc6ccccc6c5ccc4n(-c4ccccc4)c3c2)c1-n1c2ccccc2c2ccccc21. The number of nitrogen functional groups attached to an aromatic ring is 1. The number of nitrogens with two attached hydrogens (primary N) is 1. The van der Waals surface area contributed by atoms with Gasteiger partial charge in [0.1, 0.15) is 0 Å². The summed E-state index contributed by atoms with van der Waals surface area (Å²) >= 11 is 1.89. The van der Waals surface area contributed by atoms with Gasteiger partial charge in [-0.25, -0.2) is 0 Å². The lowest BCUT2D eigenvalue weighted by Gasteiger charge is -2.17. The van der Waals surface area contributed by atoms with E-state index in [9.17, 15) is 0 Å². The third-order valence-corrected chi connectivity index (χ3v) is 10.7. The van der Waals surface area contributed by atoms with Gasteiger partial charge in [0, 0.05) is 53.0 Å². The molecule has 2 N–H and O–H groups in total. The summed E-state index contributed by atoms with van der Waals surface area (Å²) < 4.78 is 7.41. The Morgan fingerprint density at radius 1 is 0.457 bits per heavy atom. The summed E-state index contributed by atoms with van der Waals surface area (Å²) in [6, 6.07) is 54.5. The van der Waals surface area contributed by atoms with Gasteiger partial charge in [-0.05, 0) is 54.1 Å². The summed E-state index contributed by atoms with van der Waals surface area (Å²) in [5.74, 6) is 0. The number of hydrogen-bond acceptors (Lipinski definition) is 2. The second-order valence-corrected chi connectivity index (χ2v) is 13.0. The zero-order chi connectivity index (χ0) is 30.4. The molecule has 0 fully saturated rings. The topological polar surface area (TPSA) is 35.9 Å². The molecule has 3 nitrogen and oxygen atoms in total. The van der Waals surface area contributed by atoms with Gasteiger partial charge in [0.25, 0.3) is 0 Å². The van der Waals surface area contributed by atoms with Gasteiger partial charge >= 0.3 is 0 Å². The number of rotatable bonds is 3. The summed E-state index contributed by atoms with van der Waals surface area (Å²) in [6.45, 7) is 0. The molecule has 3 heterocycles. The van der Waals surface area contributed by atoms with Crippen molar-refractivity contribution in [3.63, 3.8) is 0 Å². The van der Waals surface area contributed by atoms with Crippen molar-refractivity contribution in [1.29, 1.82) is 0 Å². The fraction of sp³-hybridized carbons (Fsp3) is 0. The predicted octanol–water partition coefficient (Wildman–Crippen LogP) is 11.5. The monoisotopic (exact) mass is 605 g/mol. The van der Waals surface area contributed by atoms with Crippen molar-refractivity contribution in [3.8, 4) is 22.5 Å². The number of hydrogen-bond donors (Lipinski definition) is 1. The molecule has 0 amide bonds. The lowest BCUT2D eigenvalue weighted by Crippen LogP contribution is -2.02. The fourth-order valence-corrected chi connectivity index (χ4v) is 8.77. The summed E-state index contributed by atoms with van der Waals surface area (Å²) in [5.41, 5.74) is 16.7. The van der Waals surface area contributed by atoms with Gasteiger partial charge in [-0.1, -0.05) is 103 Å². The van der Waals surface area contributed by atoms with Crippen LogP contribution in [0.5, 0.6) is 0 Å². The molecule has 10 aromatic rings. The third kappa shape index (κ3) is 3.47. The second-order valence-electron chi connectivity index (χ2n) is 12.0. The van der Waals surface area contributed by atoms with Crippen LogP contribution in [0, 0.1) is 0 Å². The quantitative estimate of drug-likeness (QED) is 0.200. The highest BCUT2D eigenvalue weighted by Crippen LogP contribution is 2.45. The molecule has 7 aromatic carbocycles. The van der Waals surface area contributed by atoms with E-state index < -0.39 is 0 Å². The van der Waals surface area contributed by atoms with Crippen molar-refractivity contribution in [2.75, 3.05) is 5.73 Å². The van der Waals surface area contributed by atoms with E-state index >= 15 is 0 Å². The molecule has 0 aliphatic heterocycles. The number of anilines is 1. The summed E-state index contributed by atoms with van der Waals surface area (Å²) in [4.78, 5) is 0. The van der Waals surface area contributed by atoms with Crippen molar-refractivity contribution in [2.24, 2.45) is 0 Å². The van der Waals surface area contributed by atoms with Crippen LogP contribution in [0.3, 0.4) is 0 Å². The van der Waals surface area contributed by atoms with E-state index in [0.717, 1.165) is 39.2 Å². The van der Waals surface area contributed by atoms with Crippen LogP contribution in [0.2, 0.25) is 0 Å². The smallest absolute Gasteiger partial charge is 0.0770 e. The third-order valence-electron chi connectivity index (χ3n) is 9.47. The van der Waals surface area contributed by atoms with E-state index in [-0.39, 0.29) is 0 Å². The van der Waals surface area contributed by atoms with Crippen molar-refractivity contribution in [2.45, 2.75) is 0 Å². The summed E-state index contributed by atoms with van der Waals surface area (Å²) in [7, 11) is 0. The van der Waals surface area contributed by atoms with Gasteiger partial charge in [-0.15, -0.1) is 11.3 Å². The van der Waals surface area contributed by atoms with Gasteiger partial charge < -0.3 is 14.9 Å². The molecular formula is C42H27N3S. The largest absolute Gasteiger partial charge is 0.397 e. The van der Waals surface area contributed by atoms with Crippen molar-refractivity contribution in [3.05, 3.63) is 152 Å². The van der Waals surface area contributed by atoms with Crippen LogP contribution in [0.15, 0.2) is 152 Å². The Kier molecular flexibility index (Phi) is 5.31. The minimum atomic E-state index is 0.750. The molecule has 0 aliphatic carbocycles. The van der Waals surface area contributed by atoms with Crippen LogP contribution in [-0.4, -0.2) is 9.13 Å². The Bertz CT molecular complexity index is 2760. The molecule has 0 aliphatic rings. The van der Waals surface area contributed by atoms with Crippen LogP contribution in [0.4, 0.5) is 5.69 Å². The predicted molar refractivity (Wildman–Crippen MR) is 198 cm³/mol. The lowest BCUT2D eigenvalue weighted by molar-refractivity contribution is 1.18. The van der Waals surface area contributed by atoms with Crippen LogP contribution in [0.1, 0.15) is 0 Å². The maximum Gasteiger partial charge on any atom is 0.0770 e. The Balaban J connectivity index is 1.31. The average molecular weight is 606 g/mol. The maximum absolute atomic E-state index is 6.90. The van der Waals surface area contributed by atoms with Gasteiger partial charge in [0.2, 0.25) is 0 Å². The molecule has 0 spiro atoms. The lowest BCUT2D eigenvalue weighted by atomic mass is 10.00. The zero-order valence-corrected chi connectivity index (χ0v) is 25.6. The highest BCUT2D eigenvalue weighted by molar-refractivity contribution is 7.26. The minimum Gasteiger partial charge on any atom is -0.397 e. The highest BCUT2D eigenvalue weighted by atomic mass is 32.1. The van der Waals surface area contributed by atoms with Crippen LogP contribution < -0.4 is 5.73 Å². The molecule has 0 saturated heterocycles. The second kappa shape index (κ2) is 9.58. The fourth-order valence-electron chi connectivity index (χ4n) is 7.51. The molecule has 0 radical (unpaired) electrons. The van der Waals surface area contributed by atoms with Gasteiger partial charge in [-0.3, -0.25) is 0 Å². The number of benzene rings is 7. The van der Waals surface area contributed by atoms with Crippen LogP contribution in [-0.2, 0) is 0 Å². The van der Waals surface area contributed by atoms with Crippen molar-refractivity contribution in [1.82, 2.24) is 9.13 Å². The molecule has 10 rings (SSSR count). The maximum atomic E-state index is 6.90. The van der Waals surface area contributed by atoms with Crippen LogP contribution >= 0.6 is 11.3 Å². The van der Waals surface area contributed by atoms with E-state index in [4.69, 9.17) is 5.73 Å². The molecule has 216 valence electrons. The number of nitrogens with zero attached hydrogens (tertiary/aromatic N) is 2. The zero-order valence-electron chi connectivity index (χ0n) is 24.8. The molecule has 0 unspecified atom stereocenters. The van der Waals surface area contributed by atoms with Gasteiger partial charge in [0.15, 0.2) is 0 Å². The van der Waals surface area contributed by atoms with E-state index in [1.807, 2.05) is 17.4 Å². The molecule has 3 aromatic heterocycles. The van der Waals surface area contributed by atoms with Crippen LogP contribution in [0.25, 0.3) is 86.3 Å². The van der Waals surface area contributed by atoms with Gasteiger partial charge in [-0.2, -0.15) is 0 Å². The first-order chi connectivity index (χ1) is 22.8. The molecule has 4 heteroatoms.